The fourth-order valence-electron chi connectivity index (χ4n) is 3.21. The number of nitrogens with zero attached hydrogens (tertiary/aromatic N) is 3. The van der Waals surface area contributed by atoms with Crippen molar-refractivity contribution < 1.29 is 19.2 Å². The second-order valence-electron chi connectivity index (χ2n) is 6.85. The molecule has 10 nitrogen and oxygen atoms in total. The summed E-state index contributed by atoms with van der Waals surface area (Å²) in [6, 6.07) is 20.6. The van der Waals surface area contributed by atoms with Crippen molar-refractivity contribution in [3.8, 4) is 5.69 Å². The summed E-state index contributed by atoms with van der Waals surface area (Å²) in [5, 5.41) is 18.1. The first-order valence-electron chi connectivity index (χ1n) is 9.73. The van der Waals surface area contributed by atoms with Gasteiger partial charge in [-0.3, -0.25) is 19.7 Å². The van der Waals surface area contributed by atoms with Crippen LogP contribution < -0.4 is 10.9 Å². The van der Waals surface area contributed by atoms with E-state index in [1.165, 1.54) is 24.3 Å². The van der Waals surface area contributed by atoms with Gasteiger partial charge in [0.1, 0.15) is 5.69 Å². The van der Waals surface area contributed by atoms with Crippen molar-refractivity contribution >= 4 is 34.0 Å². The molecule has 1 aromatic heterocycles. The van der Waals surface area contributed by atoms with Crippen molar-refractivity contribution in [2.24, 2.45) is 0 Å². The van der Waals surface area contributed by atoms with Crippen LogP contribution in [0, 0.1) is 10.1 Å². The van der Waals surface area contributed by atoms with E-state index in [9.17, 15) is 24.5 Å². The van der Waals surface area contributed by atoms with E-state index in [1.54, 1.807) is 54.6 Å². The standard InChI is InChI=1S/C23H16N4O6/c28-20(24-18-12-6-7-13-19(18)27(31)32)14-33-23(30)21-16-10-4-5-11-17(16)22(29)26(25-21)15-8-2-1-3-9-15/h1-13H,14H2,(H,24,28). The predicted octanol–water partition coefficient (Wildman–Crippen LogP) is 3.09. The maximum atomic E-state index is 12.9. The molecule has 10 heteroatoms. The molecule has 0 aliphatic carbocycles. The molecule has 0 radical (unpaired) electrons. The molecule has 164 valence electrons. The maximum Gasteiger partial charge on any atom is 0.359 e. The number of hydrogen-bond acceptors (Lipinski definition) is 7. The number of carbonyl (C=O) groups is 2. The van der Waals surface area contributed by atoms with E-state index in [1.807, 2.05) is 0 Å². The summed E-state index contributed by atoms with van der Waals surface area (Å²) in [5.41, 5.74) is -0.420. The molecule has 4 aromatic rings. The number of nitrogens with one attached hydrogen (secondary N) is 1. The number of nitro benzene ring substituents is 1. The summed E-state index contributed by atoms with van der Waals surface area (Å²) >= 11 is 0. The molecular formula is C23H16N4O6. The average molecular weight is 444 g/mol. The molecule has 0 saturated carbocycles. The normalized spacial score (nSPS) is 10.5. The van der Waals surface area contributed by atoms with Crippen molar-refractivity contribution in [2.75, 3.05) is 11.9 Å². The highest BCUT2D eigenvalue weighted by atomic mass is 16.6. The summed E-state index contributed by atoms with van der Waals surface area (Å²) in [6.07, 6.45) is 0. The van der Waals surface area contributed by atoms with Gasteiger partial charge in [0.05, 0.1) is 16.0 Å². The van der Waals surface area contributed by atoms with Gasteiger partial charge in [-0.15, -0.1) is 0 Å². The molecule has 0 atom stereocenters. The van der Waals surface area contributed by atoms with Gasteiger partial charge in [-0.2, -0.15) is 9.78 Å². The van der Waals surface area contributed by atoms with Crippen LogP contribution in [0.2, 0.25) is 0 Å². The first-order valence-corrected chi connectivity index (χ1v) is 9.73. The molecule has 33 heavy (non-hydrogen) atoms. The first kappa shape index (κ1) is 21.4. The van der Waals surface area contributed by atoms with Crippen molar-refractivity contribution in [2.45, 2.75) is 0 Å². The Hall–Kier alpha value is -4.86. The van der Waals surface area contributed by atoms with Crippen LogP contribution in [0.1, 0.15) is 10.5 Å². The zero-order chi connectivity index (χ0) is 23.4. The lowest BCUT2D eigenvalue weighted by atomic mass is 10.1. The van der Waals surface area contributed by atoms with Crippen molar-refractivity contribution in [1.29, 1.82) is 0 Å². The minimum atomic E-state index is -0.923. The maximum absolute atomic E-state index is 12.9. The zero-order valence-electron chi connectivity index (χ0n) is 17.0. The van der Waals surface area contributed by atoms with Crippen LogP contribution in [0.15, 0.2) is 83.7 Å². The quantitative estimate of drug-likeness (QED) is 0.274. The molecule has 0 fully saturated rings. The molecule has 0 aliphatic rings. The number of carbonyl (C=O) groups excluding carboxylic acids is 2. The number of hydrogen-bond donors (Lipinski definition) is 1. The van der Waals surface area contributed by atoms with E-state index in [-0.39, 0.29) is 27.8 Å². The van der Waals surface area contributed by atoms with E-state index >= 15 is 0 Å². The van der Waals surface area contributed by atoms with Gasteiger partial charge in [0, 0.05) is 11.5 Å². The Morgan fingerprint density at radius 1 is 0.939 bits per heavy atom. The fraction of sp³-hybridized carbons (Fsp3) is 0.0435. The molecule has 3 aromatic carbocycles. The van der Waals surface area contributed by atoms with Crippen molar-refractivity contribution in [1.82, 2.24) is 9.78 Å². The molecule has 0 saturated heterocycles. The number of fused-ring (bicyclic) bond motifs is 1. The Bertz CT molecular complexity index is 1430. The lowest BCUT2D eigenvalue weighted by molar-refractivity contribution is -0.383. The molecule has 0 aliphatic heterocycles. The van der Waals surface area contributed by atoms with Crippen LogP contribution in [-0.2, 0) is 9.53 Å². The van der Waals surface area contributed by atoms with E-state index in [2.05, 4.69) is 10.4 Å². The van der Waals surface area contributed by atoms with E-state index in [0.29, 0.717) is 5.69 Å². The third-order valence-electron chi connectivity index (χ3n) is 4.71. The van der Waals surface area contributed by atoms with E-state index in [0.717, 1.165) is 4.68 Å². The molecule has 1 N–H and O–H groups in total. The third kappa shape index (κ3) is 4.44. The largest absolute Gasteiger partial charge is 0.451 e. The average Bonchev–Trinajstić information content (AvgIpc) is 2.83. The zero-order valence-corrected chi connectivity index (χ0v) is 17.0. The number of esters is 1. The number of benzene rings is 3. The van der Waals surface area contributed by atoms with Crippen LogP contribution in [0.25, 0.3) is 16.5 Å². The van der Waals surface area contributed by atoms with Crippen LogP contribution in [0.5, 0.6) is 0 Å². The lowest BCUT2D eigenvalue weighted by Gasteiger charge is -2.11. The molecule has 4 rings (SSSR count). The van der Waals surface area contributed by atoms with Gasteiger partial charge < -0.3 is 10.1 Å². The number of anilines is 1. The van der Waals surface area contributed by atoms with Gasteiger partial charge in [0.25, 0.3) is 17.2 Å². The lowest BCUT2D eigenvalue weighted by Crippen LogP contribution is -2.26. The van der Waals surface area contributed by atoms with E-state index < -0.39 is 29.0 Å². The molecule has 1 heterocycles. The van der Waals surface area contributed by atoms with Crippen molar-refractivity contribution in [3.05, 3.63) is 105 Å². The minimum absolute atomic E-state index is 0.0234. The molecule has 0 spiro atoms. The second-order valence-corrected chi connectivity index (χ2v) is 6.85. The van der Waals surface area contributed by atoms with Gasteiger partial charge in [-0.05, 0) is 24.3 Å². The van der Waals surface area contributed by atoms with Gasteiger partial charge >= 0.3 is 5.97 Å². The summed E-state index contributed by atoms with van der Waals surface area (Å²) in [6.45, 7) is -0.703. The highest BCUT2D eigenvalue weighted by molar-refractivity contribution is 6.03. The molecular weight excluding hydrogens is 428 g/mol. The third-order valence-corrected chi connectivity index (χ3v) is 4.71. The predicted molar refractivity (Wildman–Crippen MR) is 119 cm³/mol. The number of aromatic nitrogens is 2. The van der Waals surface area contributed by atoms with Crippen LogP contribution in [0.3, 0.4) is 0 Å². The summed E-state index contributed by atoms with van der Waals surface area (Å²) in [5.74, 6) is -1.69. The number of nitro groups is 1. The highest BCUT2D eigenvalue weighted by Crippen LogP contribution is 2.23. The molecule has 0 bridgehead atoms. The highest BCUT2D eigenvalue weighted by Gasteiger charge is 2.21. The SMILES string of the molecule is O=C(COC(=O)c1nn(-c2ccccc2)c(=O)c2ccccc12)Nc1ccccc1[N+](=O)[O-]. The summed E-state index contributed by atoms with van der Waals surface area (Å²) in [7, 11) is 0. The Kier molecular flexibility index (Phi) is 5.90. The van der Waals surface area contributed by atoms with Crippen LogP contribution >= 0.6 is 0 Å². The molecule has 1 amide bonds. The summed E-state index contributed by atoms with van der Waals surface area (Å²) < 4.78 is 6.19. The number of para-hydroxylation sites is 3. The van der Waals surface area contributed by atoms with Crippen molar-refractivity contribution in [3.63, 3.8) is 0 Å². The number of ether oxygens (including phenoxy) is 1. The van der Waals surface area contributed by atoms with Gasteiger partial charge in [0.2, 0.25) is 0 Å². The Balaban J connectivity index is 1.60. The molecule has 0 unspecified atom stereocenters. The van der Waals surface area contributed by atoms with Gasteiger partial charge in [-0.1, -0.05) is 48.5 Å². The second kappa shape index (κ2) is 9.10. The summed E-state index contributed by atoms with van der Waals surface area (Å²) in [4.78, 5) is 48.4. The van der Waals surface area contributed by atoms with Gasteiger partial charge in [-0.25, -0.2) is 4.79 Å². The Morgan fingerprint density at radius 2 is 1.58 bits per heavy atom. The fourth-order valence-corrected chi connectivity index (χ4v) is 3.21. The topological polar surface area (TPSA) is 133 Å². The van der Waals surface area contributed by atoms with Gasteiger partial charge in [0.15, 0.2) is 12.3 Å². The first-order chi connectivity index (χ1) is 16.0. The Labute approximate surface area is 186 Å². The van der Waals surface area contributed by atoms with E-state index in [4.69, 9.17) is 4.74 Å². The van der Waals surface area contributed by atoms with Crippen LogP contribution in [-0.4, -0.2) is 33.2 Å². The number of amides is 1. The van der Waals surface area contributed by atoms with Crippen LogP contribution in [0.4, 0.5) is 11.4 Å². The Morgan fingerprint density at radius 3 is 2.30 bits per heavy atom. The minimum Gasteiger partial charge on any atom is -0.451 e. The monoisotopic (exact) mass is 444 g/mol. The smallest absolute Gasteiger partial charge is 0.359 e. The number of rotatable bonds is 6.